The summed E-state index contributed by atoms with van der Waals surface area (Å²) in [5.41, 5.74) is 0. The molecule has 0 amide bonds. The summed E-state index contributed by atoms with van der Waals surface area (Å²) in [4.78, 5) is 0. The average Bonchev–Trinajstić information content (AvgIpc) is 2.61. The lowest BCUT2D eigenvalue weighted by atomic mass is 10.1. The van der Waals surface area contributed by atoms with Gasteiger partial charge in [-0.2, -0.15) is 0 Å². The van der Waals surface area contributed by atoms with Crippen molar-refractivity contribution in [2.45, 2.75) is 24.1 Å². The molecule has 92 valence electrons. The number of nitrogens with one attached hydrogen (secondary N) is 1. The number of sulfonamides is 1. The highest BCUT2D eigenvalue weighted by Crippen LogP contribution is 2.26. The molecule has 1 aromatic rings. The van der Waals surface area contributed by atoms with Gasteiger partial charge in [-0.3, -0.25) is 0 Å². The molecule has 0 saturated heterocycles. The third-order valence-corrected chi connectivity index (χ3v) is 5.73. The van der Waals surface area contributed by atoms with Crippen LogP contribution in [0.5, 0.6) is 0 Å². The molecule has 1 atom stereocenters. The lowest BCUT2D eigenvalue weighted by molar-refractivity contribution is 0.228. The molecule has 4 nitrogen and oxygen atoms in total. The van der Waals surface area contributed by atoms with Crippen LogP contribution in [-0.2, 0) is 10.0 Å². The third kappa shape index (κ3) is 3.53. The van der Waals surface area contributed by atoms with Crippen LogP contribution in [0.1, 0.15) is 13.8 Å². The van der Waals surface area contributed by atoms with Gasteiger partial charge in [0, 0.05) is 6.04 Å². The van der Waals surface area contributed by atoms with E-state index >= 15 is 0 Å². The lowest BCUT2D eigenvalue weighted by Gasteiger charge is -2.19. The van der Waals surface area contributed by atoms with Gasteiger partial charge in [0.2, 0.25) is 10.0 Å². The van der Waals surface area contributed by atoms with Crippen LogP contribution < -0.4 is 4.72 Å². The van der Waals surface area contributed by atoms with Gasteiger partial charge in [0.05, 0.1) is 10.4 Å². The van der Waals surface area contributed by atoms with Crippen LogP contribution in [0.2, 0.25) is 0 Å². The fourth-order valence-corrected chi connectivity index (χ4v) is 4.49. The molecule has 0 saturated carbocycles. The van der Waals surface area contributed by atoms with Crippen molar-refractivity contribution in [3.63, 3.8) is 0 Å². The van der Waals surface area contributed by atoms with E-state index in [-0.39, 0.29) is 16.7 Å². The molecular formula is C9H14BrNO3S2. The van der Waals surface area contributed by atoms with Crippen LogP contribution in [0.3, 0.4) is 0 Å². The molecule has 7 heteroatoms. The summed E-state index contributed by atoms with van der Waals surface area (Å²) >= 11 is 4.36. The first-order chi connectivity index (χ1) is 7.36. The molecule has 1 aromatic heterocycles. The summed E-state index contributed by atoms with van der Waals surface area (Å²) in [7, 11) is -3.52. The van der Waals surface area contributed by atoms with E-state index in [2.05, 4.69) is 20.7 Å². The van der Waals surface area contributed by atoms with Gasteiger partial charge >= 0.3 is 0 Å². The zero-order valence-electron chi connectivity index (χ0n) is 8.97. The first kappa shape index (κ1) is 14.1. The van der Waals surface area contributed by atoms with Crippen LogP contribution in [-0.4, -0.2) is 26.2 Å². The maximum Gasteiger partial charge on any atom is 0.250 e. The van der Waals surface area contributed by atoms with Gasteiger partial charge in [0.1, 0.15) is 4.21 Å². The molecule has 0 bridgehead atoms. The molecule has 1 rings (SSSR count). The molecule has 1 heterocycles. The fraction of sp³-hybridized carbons (Fsp3) is 0.556. The predicted octanol–water partition coefficient (Wildman–Crippen LogP) is 1.81. The Bertz CT molecular complexity index is 441. The Labute approximate surface area is 108 Å². The van der Waals surface area contributed by atoms with Gasteiger partial charge in [0.15, 0.2) is 0 Å². The van der Waals surface area contributed by atoms with E-state index < -0.39 is 16.1 Å². The second kappa shape index (κ2) is 5.59. The molecule has 0 aromatic carbocycles. The van der Waals surface area contributed by atoms with E-state index in [9.17, 15) is 8.42 Å². The maximum atomic E-state index is 11.9. The largest absolute Gasteiger partial charge is 0.395 e. The lowest BCUT2D eigenvalue weighted by Crippen LogP contribution is -2.40. The molecule has 0 aliphatic rings. The van der Waals surface area contributed by atoms with Gasteiger partial charge in [-0.25, -0.2) is 13.1 Å². The van der Waals surface area contributed by atoms with Crippen molar-refractivity contribution in [2.75, 3.05) is 6.61 Å². The minimum absolute atomic E-state index is 0.0446. The van der Waals surface area contributed by atoms with Crippen molar-refractivity contribution in [1.29, 1.82) is 0 Å². The van der Waals surface area contributed by atoms with Gasteiger partial charge in [-0.15, -0.1) is 11.3 Å². The summed E-state index contributed by atoms with van der Waals surface area (Å²) in [5.74, 6) is 0.0446. The van der Waals surface area contributed by atoms with Crippen molar-refractivity contribution in [2.24, 2.45) is 5.92 Å². The van der Waals surface area contributed by atoms with E-state index in [0.717, 1.165) is 15.1 Å². The standard InChI is InChI=1S/C9H14BrNO3S2/c1-6(2)7(5-12)11-16(13,14)9-4-3-8(10)15-9/h3-4,6-7,11-12H,5H2,1-2H3/t7-/m0/s1. The van der Waals surface area contributed by atoms with Gasteiger partial charge in [-0.1, -0.05) is 13.8 Å². The smallest absolute Gasteiger partial charge is 0.250 e. The molecule has 16 heavy (non-hydrogen) atoms. The zero-order chi connectivity index (χ0) is 12.3. The van der Waals surface area contributed by atoms with E-state index in [1.807, 2.05) is 13.8 Å². The van der Waals surface area contributed by atoms with Crippen LogP contribution in [0.4, 0.5) is 0 Å². The van der Waals surface area contributed by atoms with Gasteiger partial charge < -0.3 is 5.11 Å². The summed E-state index contributed by atoms with van der Waals surface area (Å²) < 4.78 is 27.3. The number of rotatable bonds is 5. The SMILES string of the molecule is CC(C)[C@H](CO)NS(=O)(=O)c1ccc(Br)s1. The Hall–Kier alpha value is 0.0500. The Morgan fingerprint density at radius 2 is 2.12 bits per heavy atom. The number of hydrogen-bond donors (Lipinski definition) is 2. The third-order valence-electron chi connectivity index (χ3n) is 2.12. The maximum absolute atomic E-state index is 11.9. The van der Waals surface area contributed by atoms with E-state index in [1.54, 1.807) is 6.07 Å². The monoisotopic (exact) mass is 327 g/mol. The molecule has 2 N–H and O–H groups in total. The Balaban J connectivity index is 2.87. The summed E-state index contributed by atoms with van der Waals surface area (Å²) in [5, 5.41) is 9.08. The Kier molecular flexibility index (Phi) is 4.93. The summed E-state index contributed by atoms with van der Waals surface area (Å²) in [6, 6.07) is 2.76. The minimum atomic E-state index is -3.52. The van der Waals surface area contributed by atoms with Crippen molar-refractivity contribution in [3.05, 3.63) is 15.9 Å². The number of halogens is 1. The van der Waals surface area contributed by atoms with E-state index in [1.165, 1.54) is 6.07 Å². The predicted molar refractivity (Wildman–Crippen MR) is 68.1 cm³/mol. The first-order valence-electron chi connectivity index (χ1n) is 4.75. The zero-order valence-corrected chi connectivity index (χ0v) is 12.2. The average molecular weight is 328 g/mol. The second-order valence-corrected chi connectivity index (χ2v) is 8.12. The normalized spacial score (nSPS) is 14.3. The quantitative estimate of drug-likeness (QED) is 0.866. The number of thiophene rings is 1. The van der Waals surface area contributed by atoms with Crippen LogP contribution in [0.25, 0.3) is 0 Å². The molecule has 0 spiro atoms. The van der Waals surface area contributed by atoms with Crippen molar-refractivity contribution < 1.29 is 13.5 Å². The van der Waals surface area contributed by atoms with E-state index in [0.29, 0.717) is 0 Å². The number of aliphatic hydroxyl groups is 1. The summed E-state index contributed by atoms with van der Waals surface area (Å²) in [6.07, 6.45) is 0. The van der Waals surface area contributed by atoms with Gasteiger partial charge in [0.25, 0.3) is 0 Å². The van der Waals surface area contributed by atoms with Crippen LogP contribution in [0, 0.1) is 5.92 Å². The molecular weight excluding hydrogens is 314 g/mol. The fourth-order valence-electron chi connectivity index (χ4n) is 1.08. The second-order valence-electron chi connectivity index (χ2n) is 3.71. The molecule has 0 fully saturated rings. The number of hydrogen-bond acceptors (Lipinski definition) is 4. The van der Waals surface area contributed by atoms with Crippen LogP contribution in [0.15, 0.2) is 20.1 Å². The Morgan fingerprint density at radius 3 is 2.50 bits per heavy atom. The van der Waals surface area contributed by atoms with Gasteiger partial charge in [-0.05, 0) is 34.0 Å². The first-order valence-corrected chi connectivity index (χ1v) is 7.84. The molecule has 0 radical (unpaired) electrons. The summed E-state index contributed by atoms with van der Waals surface area (Å²) in [6.45, 7) is 3.50. The van der Waals surface area contributed by atoms with Crippen molar-refractivity contribution in [3.8, 4) is 0 Å². The minimum Gasteiger partial charge on any atom is -0.395 e. The Morgan fingerprint density at radius 1 is 1.50 bits per heavy atom. The molecule has 0 aliphatic heterocycles. The highest BCUT2D eigenvalue weighted by molar-refractivity contribution is 9.11. The highest BCUT2D eigenvalue weighted by atomic mass is 79.9. The van der Waals surface area contributed by atoms with Crippen LogP contribution >= 0.6 is 27.3 Å². The highest BCUT2D eigenvalue weighted by Gasteiger charge is 2.23. The van der Waals surface area contributed by atoms with E-state index in [4.69, 9.17) is 5.11 Å². The van der Waals surface area contributed by atoms with Crippen molar-refractivity contribution >= 4 is 37.3 Å². The molecule has 0 aliphatic carbocycles. The molecule has 0 unspecified atom stereocenters. The number of aliphatic hydroxyl groups excluding tert-OH is 1. The van der Waals surface area contributed by atoms with Crippen molar-refractivity contribution in [1.82, 2.24) is 4.72 Å². The topological polar surface area (TPSA) is 66.4 Å².